The number of amidine groups is 1. The Morgan fingerprint density at radius 2 is 1.94 bits per heavy atom. The maximum absolute atomic E-state index is 14.8. The molecule has 1 saturated heterocycles. The Labute approximate surface area is 200 Å². The van der Waals surface area contributed by atoms with Crippen LogP contribution in [0.3, 0.4) is 0 Å². The zero-order valence-corrected chi connectivity index (χ0v) is 19.5. The Kier molecular flexibility index (Phi) is 5.81. The van der Waals surface area contributed by atoms with E-state index in [9.17, 15) is 13.6 Å². The number of thioether (sulfide) groups is 1. The number of hydrogen-bond donors (Lipinski definition) is 1. The molecule has 3 heterocycles. The molecule has 2 unspecified atom stereocenters. The van der Waals surface area contributed by atoms with E-state index >= 15 is 0 Å². The lowest BCUT2D eigenvalue weighted by molar-refractivity contribution is -0.155. The molecule has 2 aromatic rings. The molecule has 0 aliphatic carbocycles. The molecule has 3 aliphatic heterocycles. The van der Waals surface area contributed by atoms with Gasteiger partial charge in [0.25, 0.3) is 0 Å². The molecule has 1 fully saturated rings. The first-order chi connectivity index (χ1) is 16.4. The molecule has 1 amide bonds. The van der Waals surface area contributed by atoms with Gasteiger partial charge in [0, 0.05) is 18.4 Å². The summed E-state index contributed by atoms with van der Waals surface area (Å²) in [5.41, 5.74) is 5.91. The van der Waals surface area contributed by atoms with Gasteiger partial charge >= 0.3 is 6.02 Å². The quantitative estimate of drug-likeness (QED) is 0.683. The van der Waals surface area contributed by atoms with Crippen molar-refractivity contribution in [1.29, 1.82) is 0 Å². The summed E-state index contributed by atoms with van der Waals surface area (Å²) in [6, 6.07) is 13.1. The van der Waals surface area contributed by atoms with Crippen molar-refractivity contribution in [2.24, 2.45) is 15.9 Å². The SMILES string of the molecule is CC12CCCC(=O)N1N=C(N1N=C(c3cc(F)ccc3F)SC1(CCCN)c1ccccc1)O2. The average molecular weight is 486 g/mol. The fraction of sp³-hybridized carbons (Fsp3) is 0.375. The molecule has 178 valence electrons. The van der Waals surface area contributed by atoms with Crippen molar-refractivity contribution in [3.05, 3.63) is 71.3 Å². The number of ether oxygens (including phenoxy) is 1. The maximum Gasteiger partial charge on any atom is 0.334 e. The van der Waals surface area contributed by atoms with Gasteiger partial charge in [-0.25, -0.2) is 8.78 Å². The highest BCUT2D eigenvalue weighted by atomic mass is 32.2. The predicted octanol–water partition coefficient (Wildman–Crippen LogP) is 4.30. The first-order valence-electron chi connectivity index (χ1n) is 11.3. The van der Waals surface area contributed by atoms with E-state index in [4.69, 9.17) is 15.6 Å². The number of hydrazone groups is 2. The summed E-state index contributed by atoms with van der Waals surface area (Å²) >= 11 is 1.30. The lowest BCUT2D eigenvalue weighted by Gasteiger charge is -2.37. The lowest BCUT2D eigenvalue weighted by Crippen LogP contribution is -2.49. The third-order valence-corrected chi connectivity index (χ3v) is 7.74. The number of amides is 1. The summed E-state index contributed by atoms with van der Waals surface area (Å²) in [5.74, 6) is -1.26. The molecule has 7 nitrogen and oxygen atoms in total. The van der Waals surface area contributed by atoms with Crippen LogP contribution in [-0.4, -0.2) is 39.3 Å². The Morgan fingerprint density at radius 1 is 1.15 bits per heavy atom. The summed E-state index contributed by atoms with van der Waals surface area (Å²) in [6.07, 6.45) is 2.89. The van der Waals surface area contributed by atoms with E-state index in [-0.39, 0.29) is 17.5 Å². The van der Waals surface area contributed by atoms with Crippen LogP contribution in [0.1, 0.15) is 50.2 Å². The van der Waals surface area contributed by atoms with Crippen molar-refractivity contribution >= 4 is 28.7 Å². The predicted molar refractivity (Wildman–Crippen MR) is 126 cm³/mol. The Balaban J connectivity index is 1.65. The molecule has 5 rings (SSSR count). The third kappa shape index (κ3) is 3.74. The van der Waals surface area contributed by atoms with E-state index in [1.807, 2.05) is 37.3 Å². The number of benzene rings is 2. The van der Waals surface area contributed by atoms with Crippen molar-refractivity contribution in [3.63, 3.8) is 0 Å². The molecule has 3 aliphatic rings. The second-order valence-corrected chi connectivity index (χ2v) is 9.97. The number of carbonyl (C=O) groups is 1. The third-order valence-electron chi connectivity index (χ3n) is 6.30. The largest absolute Gasteiger partial charge is 0.434 e. The number of piperidine rings is 1. The smallest absolute Gasteiger partial charge is 0.334 e. The fourth-order valence-electron chi connectivity index (χ4n) is 4.57. The minimum Gasteiger partial charge on any atom is -0.434 e. The van der Waals surface area contributed by atoms with Crippen molar-refractivity contribution in [2.75, 3.05) is 6.54 Å². The van der Waals surface area contributed by atoms with Gasteiger partial charge in [-0.2, -0.15) is 15.1 Å². The van der Waals surface area contributed by atoms with Crippen LogP contribution < -0.4 is 5.73 Å². The van der Waals surface area contributed by atoms with Gasteiger partial charge in [-0.3, -0.25) is 4.79 Å². The summed E-state index contributed by atoms with van der Waals surface area (Å²) < 4.78 is 35.1. The monoisotopic (exact) mass is 485 g/mol. The first kappa shape index (κ1) is 22.8. The van der Waals surface area contributed by atoms with E-state index in [0.29, 0.717) is 43.7 Å². The minimum absolute atomic E-state index is 0.0548. The van der Waals surface area contributed by atoms with Gasteiger partial charge in [0.05, 0.1) is 0 Å². The second-order valence-electron chi connectivity index (χ2n) is 8.70. The van der Waals surface area contributed by atoms with Crippen LogP contribution in [0.25, 0.3) is 0 Å². The van der Waals surface area contributed by atoms with Crippen LogP contribution in [0.2, 0.25) is 0 Å². The first-order valence-corrected chi connectivity index (χ1v) is 12.1. The number of hydrogen-bond acceptors (Lipinski definition) is 7. The Bertz CT molecular complexity index is 1180. The Morgan fingerprint density at radius 3 is 2.68 bits per heavy atom. The zero-order valence-electron chi connectivity index (χ0n) is 18.7. The second kappa shape index (κ2) is 8.66. The summed E-state index contributed by atoms with van der Waals surface area (Å²) in [7, 11) is 0. The summed E-state index contributed by atoms with van der Waals surface area (Å²) in [6.45, 7) is 2.26. The molecule has 2 aromatic carbocycles. The number of nitrogens with two attached hydrogens (primary N) is 1. The van der Waals surface area contributed by atoms with Gasteiger partial charge in [0.15, 0.2) is 0 Å². The van der Waals surface area contributed by atoms with Crippen molar-refractivity contribution in [2.45, 2.75) is 49.6 Å². The number of carbonyl (C=O) groups excluding carboxylic acids is 1. The maximum atomic E-state index is 14.8. The average Bonchev–Trinajstić information content (AvgIpc) is 3.39. The summed E-state index contributed by atoms with van der Waals surface area (Å²) in [4.78, 5) is 11.7. The number of rotatable bonds is 5. The van der Waals surface area contributed by atoms with Gasteiger partial charge in [0.2, 0.25) is 11.6 Å². The van der Waals surface area contributed by atoms with Gasteiger partial charge < -0.3 is 10.5 Å². The van der Waals surface area contributed by atoms with Crippen molar-refractivity contribution < 1.29 is 18.3 Å². The minimum atomic E-state index is -0.909. The molecule has 0 saturated carbocycles. The highest BCUT2D eigenvalue weighted by Gasteiger charge is 2.54. The molecule has 2 atom stereocenters. The van der Waals surface area contributed by atoms with Crippen molar-refractivity contribution in [3.8, 4) is 0 Å². The van der Waals surface area contributed by atoms with E-state index < -0.39 is 22.2 Å². The standard InChI is InChI=1S/C24H25F2N5O2S/c1-23-12-5-9-20(32)30(23)29-22(33-23)31-24(13-6-14-27,16-7-3-2-4-8-16)34-21(28-31)18-15-17(25)10-11-19(18)26/h2-4,7-8,10-11,15H,5-6,9,12-14,27H2,1H3. The van der Waals surface area contributed by atoms with Crippen LogP contribution in [0.5, 0.6) is 0 Å². The fourth-order valence-corrected chi connectivity index (χ4v) is 5.99. The van der Waals surface area contributed by atoms with Crippen LogP contribution in [0.15, 0.2) is 58.7 Å². The van der Waals surface area contributed by atoms with Gasteiger partial charge in [-0.15, -0.1) is 5.10 Å². The van der Waals surface area contributed by atoms with Crippen LogP contribution in [0.4, 0.5) is 8.78 Å². The van der Waals surface area contributed by atoms with Crippen LogP contribution in [0, 0.1) is 11.6 Å². The summed E-state index contributed by atoms with van der Waals surface area (Å²) in [5, 5.41) is 12.5. The van der Waals surface area contributed by atoms with Crippen LogP contribution in [-0.2, 0) is 14.4 Å². The van der Waals surface area contributed by atoms with Gasteiger partial charge in [-0.05, 0) is 56.5 Å². The molecule has 0 bridgehead atoms. The van der Waals surface area contributed by atoms with E-state index in [1.165, 1.54) is 16.8 Å². The molecule has 0 radical (unpaired) electrons. The number of nitrogens with zero attached hydrogens (tertiary/aromatic N) is 4. The number of halogens is 2. The molecule has 34 heavy (non-hydrogen) atoms. The normalized spacial score (nSPS) is 26.3. The highest BCUT2D eigenvalue weighted by molar-refractivity contribution is 8.15. The molecule has 0 aromatic heterocycles. The molecule has 2 N–H and O–H groups in total. The molecular weight excluding hydrogens is 460 g/mol. The van der Waals surface area contributed by atoms with E-state index in [2.05, 4.69) is 5.10 Å². The molecule has 10 heteroatoms. The van der Waals surface area contributed by atoms with Gasteiger partial charge in [0.1, 0.15) is 21.5 Å². The molecule has 0 spiro atoms. The molecular formula is C24H25F2N5O2S. The number of fused-ring (bicyclic) bond motifs is 1. The van der Waals surface area contributed by atoms with Gasteiger partial charge in [-0.1, -0.05) is 42.1 Å². The van der Waals surface area contributed by atoms with Crippen molar-refractivity contribution in [1.82, 2.24) is 10.0 Å². The highest BCUT2D eigenvalue weighted by Crippen LogP contribution is 2.52. The van der Waals surface area contributed by atoms with Crippen LogP contribution >= 0.6 is 11.8 Å². The zero-order chi connectivity index (χ0) is 23.9. The Hall–Kier alpha value is -2.98. The van der Waals surface area contributed by atoms with E-state index in [1.54, 1.807) is 5.01 Å². The topological polar surface area (TPSA) is 83.5 Å². The lowest BCUT2D eigenvalue weighted by atomic mass is 10.0. The van der Waals surface area contributed by atoms with E-state index in [0.717, 1.165) is 23.8 Å².